The summed E-state index contributed by atoms with van der Waals surface area (Å²) in [5, 5.41) is 0. The topological polar surface area (TPSA) is 29.3 Å². The minimum atomic E-state index is -4.23. The molecule has 2 rings (SSSR count). The van der Waals surface area contributed by atoms with Gasteiger partial charge in [0.25, 0.3) is 0 Å². The Kier molecular flexibility index (Phi) is 3.28. The van der Waals surface area contributed by atoms with Gasteiger partial charge < -0.3 is 10.6 Å². The third-order valence-electron chi connectivity index (χ3n) is 3.11. The first kappa shape index (κ1) is 12.2. The predicted molar refractivity (Wildman–Crippen MR) is 60.8 cm³/mol. The second-order valence-electron chi connectivity index (χ2n) is 4.37. The summed E-state index contributed by atoms with van der Waals surface area (Å²) in [5.74, 6) is 0. The number of nitrogens with zero attached hydrogens (tertiary/aromatic N) is 1. The van der Waals surface area contributed by atoms with Crippen molar-refractivity contribution in [2.24, 2.45) is 5.73 Å². The lowest BCUT2D eigenvalue weighted by Gasteiger charge is -2.40. The number of para-hydroxylation sites is 1. The summed E-state index contributed by atoms with van der Waals surface area (Å²) in [7, 11) is 0. The van der Waals surface area contributed by atoms with Crippen molar-refractivity contribution in [2.75, 3.05) is 11.4 Å². The second-order valence-corrected chi connectivity index (χ2v) is 4.37. The maximum Gasteiger partial charge on any atom is 0.408 e. The fraction of sp³-hybridized carbons (Fsp3) is 0.500. The van der Waals surface area contributed by atoms with Gasteiger partial charge >= 0.3 is 6.18 Å². The molecular weight excluding hydrogens is 229 g/mol. The van der Waals surface area contributed by atoms with Crippen molar-refractivity contribution in [3.8, 4) is 0 Å². The number of alkyl halides is 3. The van der Waals surface area contributed by atoms with E-state index in [1.807, 2.05) is 0 Å². The molecule has 2 nitrogen and oxygen atoms in total. The molecule has 94 valence electrons. The maximum absolute atomic E-state index is 13.0. The van der Waals surface area contributed by atoms with Crippen LogP contribution in [0.5, 0.6) is 0 Å². The fourth-order valence-corrected chi connectivity index (χ4v) is 2.23. The van der Waals surface area contributed by atoms with Crippen molar-refractivity contribution in [1.29, 1.82) is 0 Å². The van der Waals surface area contributed by atoms with Crippen LogP contribution < -0.4 is 10.6 Å². The number of benzene rings is 1. The summed E-state index contributed by atoms with van der Waals surface area (Å²) in [6.07, 6.45) is -3.66. The smallest absolute Gasteiger partial charge is 0.360 e. The van der Waals surface area contributed by atoms with Crippen LogP contribution in [0.15, 0.2) is 30.3 Å². The van der Waals surface area contributed by atoms with Crippen LogP contribution in [-0.2, 0) is 0 Å². The van der Waals surface area contributed by atoms with E-state index in [9.17, 15) is 13.2 Å². The van der Waals surface area contributed by atoms with Gasteiger partial charge in [0.1, 0.15) is 6.04 Å². The standard InChI is InChI=1S/C12H15F3N2/c13-12(14,15)11-8-9(16)6-7-17(11)10-4-2-1-3-5-10/h1-5,9,11H,6-8,16H2. The van der Waals surface area contributed by atoms with Crippen LogP contribution in [0.2, 0.25) is 0 Å². The average molecular weight is 244 g/mol. The molecule has 1 saturated heterocycles. The zero-order chi connectivity index (χ0) is 12.5. The Morgan fingerprint density at radius 2 is 1.82 bits per heavy atom. The highest BCUT2D eigenvalue weighted by Crippen LogP contribution is 2.34. The molecule has 1 aromatic rings. The number of piperidine rings is 1. The predicted octanol–water partition coefficient (Wildman–Crippen LogP) is 2.55. The Labute approximate surface area is 98.2 Å². The van der Waals surface area contributed by atoms with E-state index in [1.54, 1.807) is 30.3 Å². The van der Waals surface area contributed by atoms with Gasteiger partial charge in [0.05, 0.1) is 0 Å². The van der Waals surface area contributed by atoms with Crippen molar-refractivity contribution in [2.45, 2.75) is 31.1 Å². The van der Waals surface area contributed by atoms with E-state index in [0.29, 0.717) is 18.7 Å². The molecule has 2 N–H and O–H groups in total. The van der Waals surface area contributed by atoms with Crippen molar-refractivity contribution in [3.63, 3.8) is 0 Å². The van der Waals surface area contributed by atoms with Gasteiger partial charge in [-0.15, -0.1) is 0 Å². The molecule has 0 spiro atoms. The number of hydrogen-bond donors (Lipinski definition) is 1. The van der Waals surface area contributed by atoms with Crippen LogP contribution in [0.4, 0.5) is 18.9 Å². The van der Waals surface area contributed by atoms with Crippen molar-refractivity contribution in [1.82, 2.24) is 0 Å². The zero-order valence-electron chi connectivity index (χ0n) is 9.32. The zero-order valence-corrected chi connectivity index (χ0v) is 9.32. The highest BCUT2D eigenvalue weighted by molar-refractivity contribution is 5.48. The van der Waals surface area contributed by atoms with E-state index in [0.717, 1.165) is 0 Å². The van der Waals surface area contributed by atoms with E-state index in [4.69, 9.17) is 5.73 Å². The Morgan fingerprint density at radius 1 is 1.18 bits per heavy atom. The molecule has 1 aliphatic rings. The van der Waals surface area contributed by atoms with Crippen LogP contribution in [0, 0.1) is 0 Å². The number of anilines is 1. The molecule has 0 radical (unpaired) electrons. The van der Waals surface area contributed by atoms with Crippen LogP contribution >= 0.6 is 0 Å². The van der Waals surface area contributed by atoms with Gasteiger partial charge in [-0.2, -0.15) is 13.2 Å². The van der Waals surface area contributed by atoms with E-state index in [1.165, 1.54) is 4.90 Å². The number of nitrogens with two attached hydrogens (primary N) is 1. The molecule has 0 aromatic heterocycles. The van der Waals surface area contributed by atoms with Gasteiger partial charge in [-0.05, 0) is 25.0 Å². The first-order valence-electron chi connectivity index (χ1n) is 5.62. The largest absolute Gasteiger partial charge is 0.408 e. The minimum Gasteiger partial charge on any atom is -0.360 e. The van der Waals surface area contributed by atoms with Crippen molar-refractivity contribution in [3.05, 3.63) is 30.3 Å². The summed E-state index contributed by atoms with van der Waals surface area (Å²) in [6, 6.07) is 6.87. The van der Waals surface area contributed by atoms with Crippen LogP contribution in [0.3, 0.4) is 0 Å². The normalized spacial score (nSPS) is 26.0. The summed E-state index contributed by atoms with van der Waals surface area (Å²) in [5.41, 5.74) is 6.25. The molecule has 2 atom stereocenters. The lowest BCUT2D eigenvalue weighted by molar-refractivity contribution is -0.153. The summed E-state index contributed by atoms with van der Waals surface area (Å²) in [6.45, 7) is 0.357. The summed E-state index contributed by atoms with van der Waals surface area (Å²) >= 11 is 0. The summed E-state index contributed by atoms with van der Waals surface area (Å²) in [4.78, 5) is 1.41. The van der Waals surface area contributed by atoms with Gasteiger partial charge in [-0.25, -0.2) is 0 Å². The van der Waals surface area contributed by atoms with Crippen LogP contribution in [0.25, 0.3) is 0 Å². The molecule has 2 unspecified atom stereocenters. The lowest BCUT2D eigenvalue weighted by Crippen LogP contribution is -2.54. The highest BCUT2D eigenvalue weighted by atomic mass is 19.4. The number of halogens is 3. The highest BCUT2D eigenvalue weighted by Gasteiger charge is 2.46. The van der Waals surface area contributed by atoms with Crippen molar-refractivity contribution >= 4 is 5.69 Å². The van der Waals surface area contributed by atoms with Gasteiger partial charge in [0, 0.05) is 18.3 Å². The minimum absolute atomic E-state index is 0.0294. The van der Waals surface area contributed by atoms with Crippen LogP contribution in [0.1, 0.15) is 12.8 Å². The molecule has 0 amide bonds. The third kappa shape index (κ3) is 2.72. The number of hydrogen-bond acceptors (Lipinski definition) is 2. The fourth-order valence-electron chi connectivity index (χ4n) is 2.23. The molecule has 1 heterocycles. The molecule has 1 aromatic carbocycles. The SMILES string of the molecule is NC1CCN(c2ccccc2)C(C(F)(F)F)C1. The molecular formula is C12H15F3N2. The molecule has 0 saturated carbocycles. The maximum atomic E-state index is 13.0. The molecule has 17 heavy (non-hydrogen) atoms. The van der Waals surface area contributed by atoms with E-state index in [-0.39, 0.29) is 12.5 Å². The summed E-state index contributed by atoms with van der Waals surface area (Å²) < 4.78 is 38.9. The molecule has 5 heteroatoms. The molecule has 0 aliphatic carbocycles. The van der Waals surface area contributed by atoms with E-state index >= 15 is 0 Å². The average Bonchev–Trinajstić information content (AvgIpc) is 2.29. The van der Waals surface area contributed by atoms with Gasteiger partial charge in [-0.1, -0.05) is 18.2 Å². The Hall–Kier alpha value is -1.23. The molecule has 1 aliphatic heterocycles. The first-order chi connectivity index (χ1) is 7.98. The van der Waals surface area contributed by atoms with Crippen LogP contribution in [-0.4, -0.2) is 24.8 Å². The number of rotatable bonds is 1. The quantitative estimate of drug-likeness (QED) is 0.822. The van der Waals surface area contributed by atoms with Crippen molar-refractivity contribution < 1.29 is 13.2 Å². The monoisotopic (exact) mass is 244 g/mol. The molecule has 1 fully saturated rings. The van der Waals surface area contributed by atoms with Gasteiger partial charge in [-0.3, -0.25) is 0 Å². The Morgan fingerprint density at radius 3 is 2.41 bits per heavy atom. The first-order valence-corrected chi connectivity index (χ1v) is 5.62. The van der Waals surface area contributed by atoms with Gasteiger partial charge in [0.2, 0.25) is 0 Å². The lowest BCUT2D eigenvalue weighted by atomic mass is 9.96. The van der Waals surface area contributed by atoms with E-state index in [2.05, 4.69) is 0 Å². The Balaban J connectivity index is 2.25. The van der Waals surface area contributed by atoms with Gasteiger partial charge in [0.15, 0.2) is 0 Å². The molecule has 0 bridgehead atoms. The Bertz CT molecular complexity index is 364. The third-order valence-corrected chi connectivity index (χ3v) is 3.11. The van der Waals surface area contributed by atoms with E-state index < -0.39 is 12.2 Å². The second kappa shape index (κ2) is 4.56.